The number of aromatic nitrogens is 1. The number of benzene rings is 3. The van der Waals surface area contributed by atoms with E-state index in [0.717, 1.165) is 5.56 Å². The third kappa shape index (κ3) is 4.59. The Bertz CT molecular complexity index is 1690. The zero-order valence-corrected chi connectivity index (χ0v) is 21.1. The summed E-state index contributed by atoms with van der Waals surface area (Å²) in [5.74, 6) is 0.109. The minimum Gasteiger partial charge on any atom is -0.507 e. The van der Waals surface area contributed by atoms with Crippen LogP contribution in [-0.4, -0.2) is 29.4 Å². The van der Waals surface area contributed by atoms with E-state index >= 15 is 0 Å². The molecule has 1 aliphatic rings. The number of hydrogen-bond donors (Lipinski definition) is 1. The summed E-state index contributed by atoms with van der Waals surface area (Å²) in [5.41, 5.74) is 2.31. The first kappa shape index (κ1) is 24.3. The van der Waals surface area contributed by atoms with Gasteiger partial charge in [0.2, 0.25) is 0 Å². The molecule has 0 unspecified atom stereocenters. The van der Waals surface area contributed by atoms with Gasteiger partial charge in [0.05, 0.1) is 35.6 Å². The largest absolute Gasteiger partial charge is 0.507 e. The number of thiazole rings is 1. The first-order valence-corrected chi connectivity index (χ1v) is 12.5. The van der Waals surface area contributed by atoms with Crippen LogP contribution in [0.15, 0.2) is 94.2 Å². The van der Waals surface area contributed by atoms with Crippen LogP contribution in [0.25, 0.3) is 11.8 Å². The standard InChI is InChI=1S/C29H24N2O5S/c1-3-36-28(34)24-25(18-10-5-4-6-11-18)30-29-31(26(24)20-13-9-14-21(16-20)35-2)27(33)23(37-29)17-19-12-7-8-15-22(19)32/h4-17,26,32H,3H2,1-2H3/t26-/m0/s1. The van der Waals surface area contributed by atoms with Crippen LogP contribution in [0.1, 0.15) is 29.7 Å². The molecule has 0 amide bonds. The Morgan fingerprint density at radius 1 is 1.08 bits per heavy atom. The fourth-order valence-electron chi connectivity index (χ4n) is 4.32. The van der Waals surface area contributed by atoms with E-state index < -0.39 is 12.0 Å². The van der Waals surface area contributed by atoms with Gasteiger partial charge in [-0.3, -0.25) is 9.36 Å². The van der Waals surface area contributed by atoms with Gasteiger partial charge in [-0.1, -0.05) is 72.0 Å². The quantitative estimate of drug-likeness (QED) is 0.399. The Kier molecular flexibility index (Phi) is 6.74. The van der Waals surface area contributed by atoms with E-state index in [-0.39, 0.29) is 23.5 Å². The molecule has 7 nitrogen and oxygen atoms in total. The lowest BCUT2D eigenvalue weighted by Gasteiger charge is -2.26. The fraction of sp³-hybridized carbons (Fsp3) is 0.138. The number of esters is 1. The zero-order chi connectivity index (χ0) is 25.9. The molecule has 0 aliphatic carbocycles. The van der Waals surface area contributed by atoms with Crippen LogP contribution >= 0.6 is 11.3 Å². The van der Waals surface area contributed by atoms with Crippen molar-refractivity contribution in [2.75, 3.05) is 13.7 Å². The van der Waals surface area contributed by atoms with E-state index in [4.69, 9.17) is 14.5 Å². The second-order valence-corrected chi connectivity index (χ2v) is 9.28. The number of carbonyl (C=O) groups is 1. The molecule has 1 N–H and O–H groups in total. The number of nitrogens with zero attached hydrogens (tertiary/aromatic N) is 2. The Balaban J connectivity index is 1.85. The number of phenolic OH excluding ortho intramolecular Hbond substituents is 1. The van der Waals surface area contributed by atoms with Crippen LogP contribution in [0.5, 0.6) is 11.5 Å². The molecule has 0 saturated heterocycles. The van der Waals surface area contributed by atoms with E-state index in [2.05, 4.69) is 0 Å². The lowest BCUT2D eigenvalue weighted by Crippen LogP contribution is -2.40. The maximum absolute atomic E-state index is 13.8. The van der Waals surface area contributed by atoms with Crippen LogP contribution in [0.3, 0.4) is 0 Å². The van der Waals surface area contributed by atoms with E-state index in [1.807, 2.05) is 42.5 Å². The Morgan fingerprint density at radius 2 is 1.84 bits per heavy atom. The molecule has 1 aromatic heterocycles. The van der Waals surface area contributed by atoms with Crippen molar-refractivity contribution in [3.05, 3.63) is 121 Å². The molecule has 0 saturated carbocycles. The third-order valence-electron chi connectivity index (χ3n) is 6.01. The third-order valence-corrected chi connectivity index (χ3v) is 6.99. The van der Waals surface area contributed by atoms with Crippen LogP contribution in [-0.2, 0) is 9.53 Å². The molecule has 1 atom stereocenters. The van der Waals surface area contributed by atoms with Gasteiger partial charge >= 0.3 is 5.97 Å². The molecule has 1 aliphatic heterocycles. The molecule has 5 rings (SSSR count). The molecule has 0 bridgehead atoms. The summed E-state index contributed by atoms with van der Waals surface area (Å²) >= 11 is 1.20. The van der Waals surface area contributed by atoms with Gasteiger partial charge in [0.1, 0.15) is 11.5 Å². The number of carbonyl (C=O) groups excluding carboxylic acids is 1. The maximum atomic E-state index is 13.8. The minimum absolute atomic E-state index is 0.0647. The Hall–Kier alpha value is -4.43. The second kappa shape index (κ2) is 10.3. The van der Waals surface area contributed by atoms with Gasteiger partial charge in [-0.15, -0.1) is 0 Å². The molecule has 8 heteroatoms. The number of methoxy groups -OCH3 is 1. The first-order valence-electron chi connectivity index (χ1n) is 11.7. The van der Waals surface area contributed by atoms with Gasteiger partial charge in [0.25, 0.3) is 5.56 Å². The number of para-hydroxylation sites is 1. The molecule has 0 fully saturated rings. The Labute approximate surface area is 216 Å². The lowest BCUT2D eigenvalue weighted by atomic mass is 9.93. The van der Waals surface area contributed by atoms with Gasteiger partial charge in [-0.2, -0.15) is 0 Å². The summed E-state index contributed by atoms with van der Waals surface area (Å²) in [6.45, 7) is 1.91. The summed E-state index contributed by atoms with van der Waals surface area (Å²) in [5, 5.41) is 10.3. The van der Waals surface area contributed by atoms with Crippen molar-refractivity contribution >= 4 is 29.1 Å². The maximum Gasteiger partial charge on any atom is 0.338 e. The lowest BCUT2D eigenvalue weighted by molar-refractivity contribution is -0.138. The van der Waals surface area contributed by atoms with Gasteiger partial charge in [0.15, 0.2) is 4.80 Å². The average Bonchev–Trinajstić information content (AvgIpc) is 3.24. The second-order valence-electron chi connectivity index (χ2n) is 8.27. The summed E-state index contributed by atoms with van der Waals surface area (Å²) in [4.78, 5) is 32.5. The van der Waals surface area contributed by atoms with Crippen LogP contribution in [0, 0.1) is 0 Å². The van der Waals surface area contributed by atoms with E-state index in [0.29, 0.717) is 31.9 Å². The van der Waals surface area contributed by atoms with Crippen molar-refractivity contribution in [1.82, 2.24) is 4.57 Å². The minimum atomic E-state index is -0.799. The summed E-state index contributed by atoms with van der Waals surface area (Å²) < 4.78 is 12.8. The number of aromatic hydroxyl groups is 1. The smallest absolute Gasteiger partial charge is 0.338 e. The predicted octanol–water partition coefficient (Wildman–Crippen LogP) is 3.65. The van der Waals surface area contributed by atoms with Crippen LogP contribution < -0.4 is 19.6 Å². The summed E-state index contributed by atoms with van der Waals surface area (Å²) in [6, 6.07) is 22.6. The Morgan fingerprint density at radius 3 is 2.57 bits per heavy atom. The number of hydrogen-bond acceptors (Lipinski definition) is 7. The highest BCUT2D eigenvalue weighted by Gasteiger charge is 2.35. The van der Waals surface area contributed by atoms with Gasteiger partial charge in [0, 0.05) is 11.1 Å². The van der Waals surface area contributed by atoms with E-state index in [1.165, 1.54) is 15.9 Å². The van der Waals surface area contributed by atoms with Crippen molar-refractivity contribution in [3.63, 3.8) is 0 Å². The molecule has 3 aromatic carbocycles. The van der Waals surface area contributed by atoms with Crippen molar-refractivity contribution < 1.29 is 19.4 Å². The molecule has 0 spiro atoms. The van der Waals surface area contributed by atoms with Crippen molar-refractivity contribution in [2.24, 2.45) is 4.99 Å². The van der Waals surface area contributed by atoms with Crippen molar-refractivity contribution in [3.8, 4) is 11.5 Å². The molecule has 4 aromatic rings. The highest BCUT2D eigenvalue weighted by atomic mass is 32.1. The van der Waals surface area contributed by atoms with Crippen molar-refractivity contribution in [2.45, 2.75) is 13.0 Å². The molecule has 37 heavy (non-hydrogen) atoms. The van der Waals surface area contributed by atoms with Gasteiger partial charge in [-0.25, -0.2) is 9.79 Å². The zero-order valence-electron chi connectivity index (χ0n) is 20.3. The average molecular weight is 513 g/mol. The van der Waals surface area contributed by atoms with Gasteiger partial charge < -0.3 is 14.6 Å². The summed E-state index contributed by atoms with van der Waals surface area (Å²) in [6.07, 6.45) is 1.64. The van der Waals surface area contributed by atoms with Crippen molar-refractivity contribution in [1.29, 1.82) is 0 Å². The highest BCUT2D eigenvalue weighted by Crippen LogP contribution is 2.36. The van der Waals surface area contributed by atoms with E-state index in [9.17, 15) is 14.7 Å². The van der Waals surface area contributed by atoms with Crippen LogP contribution in [0.4, 0.5) is 0 Å². The molecule has 0 radical (unpaired) electrons. The topological polar surface area (TPSA) is 90.1 Å². The molecule has 2 heterocycles. The number of phenols is 1. The molecular formula is C29H24N2O5S. The number of ether oxygens (including phenoxy) is 2. The number of fused-ring (bicyclic) bond motifs is 1. The normalized spacial score (nSPS) is 15.2. The summed E-state index contributed by atoms with van der Waals surface area (Å²) in [7, 11) is 1.56. The van der Waals surface area contributed by atoms with Crippen LogP contribution in [0.2, 0.25) is 0 Å². The highest BCUT2D eigenvalue weighted by molar-refractivity contribution is 7.07. The van der Waals surface area contributed by atoms with Gasteiger partial charge in [-0.05, 0) is 36.8 Å². The predicted molar refractivity (Wildman–Crippen MR) is 142 cm³/mol. The molecule has 186 valence electrons. The SMILES string of the molecule is CCOC(=O)C1=C(c2ccccc2)N=c2sc(=Cc3ccccc3O)c(=O)n2[C@H]1c1cccc(OC)c1. The number of rotatable bonds is 6. The fourth-order valence-corrected chi connectivity index (χ4v) is 5.31. The monoisotopic (exact) mass is 512 g/mol. The first-order chi connectivity index (χ1) is 18.0. The van der Waals surface area contributed by atoms with E-state index in [1.54, 1.807) is 56.5 Å². The molecular weight excluding hydrogens is 488 g/mol.